The molecule has 0 rings (SSSR count). The number of unbranched alkanes of at least 4 members (excludes halogenated alkanes) is 2. The van der Waals surface area contributed by atoms with Crippen molar-refractivity contribution >= 4 is 38.7 Å². The van der Waals surface area contributed by atoms with E-state index in [2.05, 4.69) is 13.8 Å². The van der Waals surface area contributed by atoms with Crippen LogP contribution in [0.1, 0.15) is 59.3 Å². The molecule has 1 N–H and O–H groups in total. The number of hydrogen-bond donors (Lipinski definition) is 1. The Morgan fingerprint density at radius 2 is 1.42 bits per heavy atom. The Labute approximate surface area is 126 Å². The summed E-state index contributed by atoms with van der Waals surface area (Å²) in [5.41, 5.74) is 0. The maximum absolute atomic E-state index is 10.3. The van der Waals surface area contributed by atoms with Gasteiger partial charge in [0.05, 0.1) is 0 Å². The van der Waals surface area contributed by atoms with E-state index < -0.39 is 11.8 Å². The van der Waals surface area contributed by atoms with Crippen molar-refractivity contribution in [2.75, 3.05) is 0 Å². The van der Waals surface area contributed by atoms with E-state index in [-0.39, 0.29) is 39.8 Å². The number of aliphatic carboxylic acids is 1. The van der Waals surface area contributed by atoms with Crippen molar-refractivity contribution in [2.45, 2.75) is 68.2 Å². The van der Waals surface area contributed by atoms with Crippen LogP contribution in [0, 0.1) is 0 Å². The molecule has 2 radical (unpaired) electrons. The van der Waals surface area contributed by atoms with Crippen LogP contribution in [0.3, 0.4) is 0 Å². The summed E-state index contributed by atoms with van der Waals surface area (Å²) in [7, 11) is 0. The second kappa shape index (κ2) is 15.7. The van der Waals surface area contributed by atoms with E-state index in [0.29, 0.717) is 0 Å². The van der Waals surface area contributed by atoms with E-state index in [1.807, 2.05) is 0 Å². The molecule has 0 aromatic carbocycles. The molecule has 0 aliphatic rings. The van der Waals surface area contributed by atoms with Crippen molar-refractivity contribution in [3.63, 3.8) is 0 Å². The minimum absolute atomic E-state index is 0.0190. The van der Waals surface area contributed by atoms with Crippen LogP contribution in [0.2, 0.25) is 8.87 Å². The second-order valence-electron chi connectivity index (χ2n) is 4.39. The molecule has 0 unspecified atom stereocenters. The Morgan fingerprint density at radius 1 is 0.947 bits per heavy atom. The first-order valence-electron chi connectivity index (χ1n) is 6.91. The summed E-state index contributed by atoms with van der Waals surface area (Å²) in [5.74, 6) is -2.55. The normalized spacial score (nSPS) is 9.42. The first kappa shape index (κ1) is 20.9. The van der Waals surface area contributed by atoms with E-state index >= 15 is 0 Å². The van der Waals surface area contributed by atoms with Gasteiger partial charge < -0.3 is 9.90 Å². The summed E-state index contributed by atoms with van der Waals surface area (Å²) in [6.45, 7) is 5.90. The van der Waals surface area contributed by atoms with Gasteiger partial charge in [0.2, 0.25) is 5.78 Å². The topological polar surface area (TPSA) is 71.4 Å². The van der Waals surface area contributed by atoms with Gasteiger partial charge in [-0.25, -0.2) is 4.79 Å². The molecule has 0 saturated carbocycles. The molecule has 0 aliphatic heterocycles. The van der Waals surface area contributed by atoms with Crippen molar-refractivity contribution in [2.24, 2.45) is 0 Å². The molecule has 0 saturated heterocycles. The van der Waals surface area contributed by atoms with Crippen LogP contribution in [0.4, 0.5) is 0 Å². The summed E-state index contributed by atoms with van der Waals surface area (Å²) in [4.78, 5) is 30.4. The predicted molar refractivity (Wildman–Crippen MR) is 77.7 cm³/mol. The molecule has 110 valence electrons. The van der Waals surface area contributed by atoms with Gasteiger partial charge in [0.25, 0.3) is 0 Å². The van der Waals surface area contributed by atoms with Gasteiger partial charge in [0.1, 0.15) is 5.78 Å². The molecule has 0 spiro atoms. The maximum atomic E-state index is 10.3. The number of carboxylic acid groups (broad SMARTS) is 1. The molecule has 0 bridgehead atoms. The molecule has 5 heteroatoms. The van der Waals surface area contributed by atoms with Crippen LogP contribution in [-0.2, 0) is 14.4 Å². The van der Waals surface area contributed by atoms with Crippen molar-refractivity contribution in [1.82, 2.24) is 0 Å². The fourth-order valence-electron chi connectivity index (χ4n) is 1.13. The van der Waals surface area contributed by atoms with Gasteiger partial charge in [0.15, 0.2) is 0 Å². The van der Waals surface area contributed by atoms with Crippen molar-refractivity contribution < 1.29 is 19.5 Å². The zero-order chi connectivity index (χ0) is 15.1. The molecular formula is C14H26O4Sn. The van der Waals surface area contributed by atoms with Crippen LogP contribution in [0.15, 0.2) is 0 Å². The molecule has 0 atom stereocenters. The second-order valence-corrected chi connectivity index (χ2v) is 8.67. The van der Waals surface area contributed by atoms with Crippen molar-refractivity contribution in [3.8, 4) is 0 Å². The van der Waals surface area contributed by atoms with E-state index in [1.165, 1.54) is 32.6 Å². The van der Waals surface area contributed by atoms with Gasteiger partial charge in [-0.05, 0) is 6.92 Å². The standard InChI is InChI=1S/C6H8O4.2C4H9.Sn/c1-4(7)2-3-5(8)6(9)10;2*1-3-4-2;/h2-3H2,1H3,(H,9,10);2*1,3-4H2,2H3;. The number of carbonyl (C=O) groups excluding carboxylic acids is 2. The Morgan fingerprint density at radius 3 is 1.74 bits per heavy atom. The van der Waals surface area contributed by atoms with Crippen molar-refractivity contribution in [3.05, 3.63) is 0 Å². The molecule has 19 heavy (non-hydrogen) atoms. The molecule has 0 heterocycles. The average Bonchev–Trinajstić information content (AvgIpc) is 2.36. The Bertz CT molecular complexity index is 258. The number of Topliss-reactive ketones (excluding diaryl/α,β-unsaturated/α-hetero) is 2. The van der Waals surface area contributed by atoms with E-state index in [1.54, 1.807) is 8.87 Å². The Balaban J connectivity index is 0. The zero-order valence-electron chi connectivity index (χ0n) is 12.3. The Hall–Kier alpha value is -0.391. The monoisotopic (exact) mass is 378 g/mol. The van der Waals surface area contributed by atoms with Gasteiger partial charge in [-0.1, -0.05) is 0 Å². The molecule has 0 aromatic rings. The number of ketones is 2. The van der Waals surface area contributed by atoms with Crippen LogP contribution in [0.5, 0.6) is 0 Å². The molecule has 4 nitrogen and oxygen atoms in total. The minimum atomic E-state index is -1.47. The quantitative estimate of drug-likeness (QED) is 0.361. The fraction of sp³-hybridized carbons (Fsp3) is 0.786. The summed E-state index contributed by atoms with van der Waals surface area (Å²) >= 11 is 0.149. The van der Waals surface area contributed by atoms with Gasteiger partial charge in [-0.2, -0.15) is 0 Å². The molecule has 0 amide bonds. The van der Waals surface area contributed by atoms with Gasteiger partial charge in [0, 0.05) is 12.8 Å². The fourth-order valence-corrected chi connectivity index (χ4v) is 5.28. The molecule has 0 aromatic heterocycles. The van der Waals surface area contributed by atoms with Crippen LogP contribution >= 0.6 is 0 Å². The molecule has 0 fully saturated rings. The van der Waals surface area contributed by atoms with E-state index in [4.69, 9.17) is 5.11 Å². The van der Waals surface area contributed by atoms with Crippen LogP contribution in [-0.4, -0.2) is 43.8 Å². The third-order valence-corrected chi connectivity index (χ3v) is 6.39. The molecule has 0 aliphatic carbocycles. The zero-order valence-corrected chi connectivity index (χ0v) is 15.2. The molecular weight excluding hydrogens is 351 g/mol. The summed E-state index contributed by atoms with van der Waals surface area (Å²) in [6.07, 6.45) is 5.67. The van der Waals surface area contributed by atoms with Gasteiger partial charge in [-0.15, -0.1) is 0 Å². The number of carbonyl (C=O) groups is 3. The van der Waals surface area contributed by atoms with Crippen LogP contribution < -0.4 is 0 Å². The number of carboxylic acids is 1. The first-order valence-corrected chi connectivity index (χ1v) is 11.0. The van der Waals surface area contributed by atoms with Gasteiger partial charge >= 0.3 is 75.5 Å². The van der Waals surface area contributed by atoms with Crippen molar-refractivity contribution in [1.29, 1.82) is 0 Å². The number of hydrogen-bond acceptors (Lipinski definition) is 3. The average molecular weight is 377 g/mol. The summed E-state index contributed by atoms with van der Waals surface area (Å²) in [6, 6.07) is 0. The van der Waals surface area contributed by atoms with Gasteiger partial charge in [-0.3, -0.25) is 4.79 Å². The first-order chi connectivity index (χ1) is 8.95. The third kappa shape index (κ3) is 20.1. The SMILES string of the molecule is CC(=O)CCC(=O)C(=O)O.CCC[CH2][Sn][CH2]CCC. The predicted octanol–water partition coefficient (Wildman–Crippen LogP) is 3.14. The van der Waals surface area contributed by atoms with E-state index in [9.17, 15) is 14.4 Å². The Kier molecular flexibility index (Phi) is 17.2. The number of rotatable bonds is 10. The summed E-state index contributed by atoms with van der Waals surface area (Å²) in [5, 5.41) is 8.03. The summed E-state index contributed by atoms with van der Waals surface area (Å²) < 4.78 is 3.25. The van der Waals surface area contributed by atoms with E-state index in [0.717, 1.165) is 0 Å². The van der Waals surface area contributed by atoms with Crippen LogP contribution in [0.25, 0.3) is 0 Å². The third-order valence-electron chi connectivity index (χ3n) is 2.36.